The molecule has 0 fully saturated rings. The molecule has 0 aliphatic carbocycles. The molecule has 0 saturated carbocycles. The van der Waals surface area contributed by atoms with Gasteiger partial charge in [0.1, 0.15) is 11.6 Å². The predicted molar refractivity (Wildman–Crippen MR) is 96.8 cm³/mol. The van der Waals surface area contributed by atoms with Crippen LogP contribution in [0.15, 0.2) is 42.5 Å². The molecular formula is C20H22FN3O. The highest BCUT2D eigenvalue weighted by molar-refractivity contribution is 5.78. The summed E-state index contributed by atoms with van der Waals surface area (Å²) in [7, 11) is 0. The fourth-order valence-corrected chi connectivity index (χ4v) is 2.65. The first-order valence-electron chi connectivity index (χ1n) is 8.51. The maximum atomic E-state index is 12.9. The van der Waals surface area contributed by atoms with Crippen molar-refractivity contribution in [2.24, 2.45) is 0 Å². The second-order valence-electron chi connectivity index (χ2n) is 6.53. The first-order chi connectivity index (χ1) is 12.0. The van der Waals surface area contributed by atoms with E-state index in [1.807, 2.05) is 12.1 Å². The van der Waals surface area contributed by atoms with Gasteiger partial charge in [-0.25, -0.2) is 9.37 Å². The van der Waals surface area contributed by atoms with Gasteiger partial charge in [0.15, 0.2) is 0 Å². The standard InChI is InChI=1S/C20H22FN3O/c1-13(2)20-23-17-9-5-14(11-18(17)24-20)6-10-19(25)22-12-15-3-7-16(21)8-4-15/h3-5,7-9,11,13H,6,10,12H2,1-2H3,(H,22,25)(H,23,24). The minimum absolute atomic E-state index is 0.0168. The van der Waals surface area contributed by atoms with Crippen molar-refractivity contribution in [3.8, 4) is 0 Å². The normalized spacial score (nSPS) is 11.2. The molecule has 3 rings (SSSR count). The lowest BCUT2D eigenvalue weighted by Crippen LogP contribution is -2.22. The van der Waals surface area contributed by atoms with E-state index in [0.717, 1.165) is 28.0 Å². The maximum absolute atomic E-state index is 12.9. The van der Waals surface area contributed by atoms with Crippen LogP contribution >= 0.6 is 0 Å². The predicted octanol–water partition coefficient (Wildman–Crippen LogP) is 4.07. The van der Waals surface area contributed by atoms with Crippen LogP contribution in [0.3, 0.4) is 0 Å². The van der Waals surface area contributed by atoms with Gasteiger partial charge in [0.2, 0.25) is 5.91 Å². The smallest absolute Gasteiger partial charge is 0.220 e. The number of hydrogen-bond acceptors (Lipinski definition) is 2. The Hall–Kier alpha value is -2.69. The fourth-order valence-electron chi connectivity index (χ4n) is 2.65. The highest BCUT2D eigenvalue weighted by Gasteiger charge is 2.08. The molecule has 0 unspecified atom stereocenters. The summed E-state index contributed by atoms with van der Waals surface area (Å²) >= 11 is 0. The lowest BCUT2D eigenvalue weighted by molar-refractivity contribution is -0.121. The zero-order valence-corrected chi connectivity index (χ0v) is 14.5. The molecule has 5 heteroatoms. The van der Waals surface area contributed by atoms with Crippen molar-refractivity contribution in [1.82, 2.24) is 15.3 Å². The number of benzene rings is 2. The number of fused-ring (bicyclic) bond motifs is 1. The van der Waals surface area contributed by atoms with Gasteiger partial charge in [-0.2, -0.15) is 0 Å². The lowest BCUT2D eigenvalue weighted by atomic mass is 10.1. The molecule has 1 amide bonds. The van der Waals surface area contributed by atoms with E-state index in [1.165, 1.54) is 12.1 Å². The third-order valence-corrected chi connectivity index (χ3v) is 4.16. The minimum atomic E-state index is -0.273. The number of aryl methyl sites for hydroxylation is 1. The van der Waals surface area contributed by atoms with Crippen LogP contribution in [0.1, 0.15) is 43.1 Å². The number of amides is 1. The van der Waals surface area contributed by atoms with Gasteiger partial charge in [-0.1, -0.05) is 32.0 Å². The van der Waals surface area contributed by atoms with E-state index in [1.54, 1.807) is 12.1 Å². The van der Waals surface area contributed by atoms with Crippen molar-refractivity contribution in [3.05, 3.63) is 65.2 Å². The molecule has 1 aromatic heterocycles. The van der Waals surface area contributed by atoms with E-state index in [-0.39, 0.29) is 11.7 Å². The van der Waals surface area contributed by atoms with Crippen LogP contribution in [-0.4, -0.2) is 15.9 Å². The molecule has 25 heavy (non-hydrogen) atoms. The number of aromatic nitrogens is 2. The van der Waals surface area contributed by atoms with Crippen molar-refractivity contribution in [1.29, 1.82) is 0 Å². The summed E-state index contributed by atoms with van der Waals surface area (Å²) in [6.07, 6.45) is 1.08. The number of imidazole rings is 1. The Bertz CT molecular complexity index is 868. The zero-order chi connectivity index (χ0) is 17.8. The van der Waals surface area contributed by atoms with E-state index in [0.29, 0.717) is 25.3 Å². The van der Waals surface area contributed by atoms with E-state index >= 15 is 0 Å². The molecule has 2 N–H and O–H groups in total. The van der Waals surface area contributed by atoms with Gasteiger partial charge >= 0.3 is 0 Å². The second kappa shape index (κ2) is 7.47. The van der Waals surface area contributed by atoms with Gasteiger partial charge in [-0.05, 0) is 41.8 Å². The Labute approximate surface area is 146 Å². The number of rotatable bonds is 6. The van der Waals surface area contributed by atoms with Crippen LogP contribution < -0.4 is 5.32 Å². The number of halogens is 1. The Morgan fingerprint density at radius 3 is 2.60 bits per heavy atom. The summed E-state index contributed by atoms with van der Waals surface area (Å²) in [6.45, 7) is 4.62. The van der Waals surface area contributed by atoms with Crippen molar-refractivity contribution in [2.45, 2.75) is 39.2 Å². The molecule has 0 aliphatic heterocycles. The molecule has 1 heterocycles. The summed E-state index contributed by atoms with van der Waals surface area (Å²) in [5.41, 5.74) is 3.94. The lowest BCUT2D eigenvalue weighted by Gasteiger charge is -2.06. The monoisotopic (exact) mass is 339 g/mol. The molecule has 2 aromatic carbocycles. The topological polar surface area (TPSA) is 57.8 Å². The van der Waals surface area contributed by atoms with E-state index in [4.69, 9.17) is 0 Å². The number of nitrogens with zero attached hydrogens (tertiary/aromatic N) is 1. The zero-order valence-electron chi connectivity index (χ0n) is 14.5. The van der Waals surface area contributed by atoms with Crippen LogP contribution in [0, 0.1) is 5.82 Å². The van der Waals surface area contributed by atoms with Crippen LogP contribution in [0.4, 0.5) is 4.39 Å². The quantitative estimate of drug-likeness (QED) is 0.711. The summed E-state index contributed by atoms with van der Waals surface area (Å²) in [6, 6.07) is 12.2. The Morgan fingerprint density at radius 2 is 1.88 bits per heavy atom. The summed E-state index contributed by atoms with van der Waals surface area (Å²) in [4.78, 5) is 19.9. The van der Waals surface area contributed by atoms with Crippen molar-refractivity contribution < 1.29 is 9.18 Å². The number of aromatic amines is 1. The first-order valence-corrected chi connectivity index (χ1v) is 8.51. The molecule has 0 atom stereocenters. The fraction of sp³-hybridized carbons (Fsp3) is 0.300. The highest BCUT2D eigenvalue weighted by atomic mass is 19.1. The first kappa shape index (κ1) is 17.1. The highest BCUT2D eigenvalue weighted by Crippen LogP contribution is 2.19. The summed E-state index contributed by atoms with van der Waals surface area (Å²) in [5, 5.41) is 2.86. The average Bonchev–Trinajstić information content (AvgIpc) is 3.03. The van der Waals surface area contributed by atoms with Crippen LogP contribution in [-0.2, 0) is 17.8 Å². The minimum Gasteiger partial charge on any atom is -0.352 e. The molecule has 0 spiro atoms. The second-order valence-corrected chi connectivity index (χ2v) is 6.53. The molecule has 0 saturated heterocycles. The number of carbonyl (C=O) groups is 1. The largest absolute Gasteiger partial charge is 0.352 e. The Balaban J connectivity index is 1.54. The van der Waals surface area contributed by atoms with Gasteiger partial charge in [0, 0.05) is 18.9 Å². The molecular weight excluding hydrogens is 317 g/mol. The number of hydrogen-bond donors (Lipinski definition) is 2. The molecule has 130 valence electrons. The number of carbonyl (C=O) groups excluding carboxylic acids is 1. The summed E-state index contributed by atoms with van der Waals surface area (Å²) in [5.74, 6) is 1.04. The third kappa shape index (κ3) is 4.44. The summed E-state index contributed by atoms with van der Waals surface area (Å²) < 4.78 is 12.9. The van der Waals surface area contributed by atoms with E-state index < -0.39 is 0 Å². The van der Waals surface area contributed by atoms with Gasteiger partial charge in [-0.15, -0.1) is 0 Å². The van der Waals surface area contributed by atoms with Gasteiger partial charge < -0.3 is 10.3 Å². The van der Waals surface area contributed by atoms with Gasteiger partial charge in [0.05, 0.1) is 11.0 Å². The number of H-pyrrole nitrogens is 1. The Kier molecular flexibility index (Phi) is 5.12. The van der Waals surface area contributed by atoms with Crippen LogP contribution in [0.25, 0.3) is 11.0 Å². The number of nitrogens with one attached hydrogen (secondary N) is 2. The molecule has 0 radical (unpaired) electrons. The van der Waals surface area contributed by atoms with Crippen molar-refractivity contribution >= 4 is 16.9 Å². The van der Waals surface area contributed by atoms with Crippen LogP contribution in [0.5, 0.6) is 0 Å². The molecule has 0 bridgehead atoms. The van der Waals surface area contributed by atoms with Crippen molar-refractivity contribution in [3.63, 3.8) is 0 Å². The Morgan fingerprint density at radius 1 is 1.16 bits per heavy atom. The molecule has 4 nitrogen and oxygen atoms in total. The SMILES string of the molecule is CC(C)c1nc2ccc(CCC(=O)NCc3ccc(F)cc3)cc2[nH]1. The van der Waals surface area contributed by atoms with E-state index in [2.05, 4.69) is 35.2 Å². The maximum Gasteiger partial charge on any atom is 0.220 e. The van der Waals surface area contributed by atoms with Crippen LogP contribution in [0.2, 0.25) is 0 Å². The van der Waals surface area contributed by atoms with Gasteiger partial charge in [0.25, 0.3) is 0 Å². The van der Waals surface area contributed by atoms with E-state index in [9.17, 15) is 9.18 Å². The average molecular weight is 339 g/mol. The van der Waals surface area contributed by atoms with Gasteiger partial charge in [-0.3, -0.25) is 4.79 Å². The third-order valence-electron chi connectivity index (χ3n) is 4.16. The van der Waals surface area contributed by atoms with Crippen molar-refractivity contribution in [2.75, 3.05) is 0 Å². The molecule has 3 aromatic rings. The molecule has 0 aliphatic rings.